The molecule has 4 aromatic carbocycles. The summed E-state index contributed by atoms with van der Waals surface area (Å²) >= 11 is 0. The molecule has 0 spiro atoms. The van der Waals surface area contributed by atoms with Gasteiger partial charge in [-0.1, -0.05) is 79.7 Å². The Morgan fingerprint density at radius 1 is 0.851 bits per heavy atom. The molecule has 47 heavy (non-hydrogen) atoms. The predicted octanol–water partition coefficient (Wildman–Crippen LogP) is 5.52. The van der Waals surface area contributed by atoms with Gasteiger partial charge in [0.25, 0.3) is 10.0 Å². The van der Waals surface area contributed by atoms with Crippen LogP contribution in [0.2, 0.25) is 0 Å². The van der Waals surface area contributed by atoms with Crippen LogP contribution in [0, 0.1) is 6.92 Å². The maximum Gasteiger partial charge on any atom is 0.264 e. The number of fused-ring (bicyclic) bond motifs is 1. The standard InChI is InChI=1S/C37H41N3O6S/c1-4-28(3)38-37(42)33(23-29-14-7-5-8-15-29)39(25-30-16-12-11-13-27(30)2)36(41)26-40(47(43,44)32-17-9-6-10-18-32)31-19-20-34-35(24-31)46-22-21-45-34/h5-20,24,28,33H,4,21-23,25-26H2,1-3H3,(H,38,42)/t28-,33-/m0/s1. The summed E-state index contributed by atoms with van der Waals surface area (Å²) in [5.41, 5.74) is 2.92. The number of aryl methyl sites for hydroxylation is 1. The molecule has 2 atom stereocenters. The Labute approximate surface area is 277 Å². The Balaban J connectivity index is 1.59. The van der Waals surface area contributed by atoms with Crippen molar-refractivity contribution in [1.29, 1.82) is 0 Å². The monoisotopic (exact) mass is 655 g/mol. The van der Waals surface area contributed by atoms with Crippen LogP contribution in [0.15, 0.2) is 108 Å². The highest BCUT2D eigenvalue weighted by atomic mass is 32.2. The van der Waals surface area contributed by atoms with Crippen LogP contribution in [0.4, 0.5) is 5.69 Å². The molecule has 1 N–H and O–H groups in total. The number of sulfonamides is 1. The minimum absolute atomic E-state index is 0.0310. The van der Waals surface area contributed by atoms with E-state index in [9.17, 15) is 18.0 Å². The molecule has 0 fully saturated rings. The van der Waals surface area contributed by atoms with Crippen molar-refractivity contribution < 1.29 is 27.5 Å². The molecule has 2 amide bonds. The second-order valence-electron chi connectivity index (χ2n) is 11.6. The molecule has 10 heteroatoms. The van der Waals surface area contributed by atoms with Gasteiger partial charge in [0.05, 0.1) is 10.6 Å². The van der Waals surface area contributed by atoms with E-state index in [2.05, 4.69) is 5.32 Å². The van der Waals surface area contributed by atoms with Crippen LogP contribution < -0.4 is 19.1 Å². The number of amides is 2. The minimum atomic E-state index is -4.23. The summed E-state index contributed by atoms with van der Waals surface area (Å²) in [6.07, 6.45) is 0.957. The summed E-state index contributed by atoms with van der Waals surface area (Å²) in [6, 6.07) is 29.0. The van der Waals surface area contributed by atoms with Crippen LogP contribution in [0.3, 0.4) is 0 Å². The van der Waals surface area contributed by atoms with E-state index in [1.54, 1.807) is 36.4 Å². The molecule has 0 aromatic heterocycles. The largest absolute Gasteiger partial charge is 0.486 e. The lowest BCUT2D eigenvalue weighted by molar-refractivity contribution is -0.140. The quantitative estimate of drug-likeness (QED) is 0.204. The fourth-order valence-electron chi connectivity index (χ4n) is 5.40. The van der Waals surface area contributed by atoms with Crippen LogP contribution in [0.25, 0.3) is 0 Å². The third kappa shape index (κ3) is 8.13. The van der Waals surface area contributed by atoms with E-state index in [-0.39, 0.29) is 35.5 Å². The molecular formula is C37H41N3O6S. The van der Waals surface area contributed by atoms with E-state index < -0.39 is 28.5 Å². The molecule has 0 saturated carbocycles. The zero-order valence-electron chi connectivity index (χ0n) is 27.0. The van der Waals surface area contributed by atoms with Crippen LogP contribution >= 0.6 is 0 Å². The van der Waals surface area contributed by atoms with Gasteiger partial charge in [0.1, 0.15) is 25.8 Å². The highest BCUT2D eigenvalue weighted by Gasteiger charge is 2.35. The van der Waals surface area contributed by atoms with Crippen molar-refractivity contribution in [3.63, 3.8) is 0 Å². The van der Waals surface area contributed by atoms with Crippen molar-refractivity contribution in [2.45, 2.75) is 57.1 Å². The molecule has 4 aromatic rings. The molecule has 0 unspecified atom stereocenters. The van der Waals surface area contributed by atoms with E-state index in [0.29, 0.717) is 31.1 Å². The number of rotatable bonds is 13. The first-order valence-electron chi connectivity index (χ1n) is 15.8. The smallest absolute Gasteiger partial charge is 0.264 e. The molecule has 0 saturated heterocycles. The fourth-order valence-corrected chi connectivity index (χ4v) is 6.83. The van der Waals surface area contributed by atoms with Gasteiger partial charge in [0.2, 0.25) is 11.8 Å². The molecule has 9 nitrogen and oxygen atoms in total. The first kappa shape index (κ1) is 33.5. The maximum atomic E-state index is 14.7. The number of carbonyl (C=O) groups excluding carboxylic acids is 2. The lowest BCUT2D eigenvalue weighted by atomic mass is 10.0. The highest BCUT2D eigenvalue weighted by molar-refractivity contribution is 7.92. The average Bonchev–Trinajstić information content (AvgIpc) is 3.09. The average molecular weight is 656 g/mol. The molecular weight excluding hydrogens is 614 g/mol. The topological polar surface area (TPSA) is 105 Å². The van der Waals surface area contributed by atoms with Gasteiger partial charge in [0.15, 0.2) is 11.5 Å². The second kappa shape index (κ2) is 15.2. The van der Waals surface area contributed by atoms with Gasteiger partial charge in [-0.15, -0.1) is 0 Å². The Bertz CT molecular complexity index is 1780. The Morgan fingerprint density at radius 2 is 1.49 bits per heavy atom. The number of carbonyl (C=O) groups is 2. The van der Waals surface area contributed by atoms with E-state index in [4.69, 9.17) is 9.47 Å². The SMILES string of the molecule is CC[C@H](C)NC(=O)[C@H](Cc1ccccc1)N(Cc1ccccc1C)C(=O)CN(c1ccc2c(c1)OCCO2)S(=O)(=O)c1ccccc1. The first-order chi connectivity index (χ1) is 22.7. The number of benzene rings is 4. The van der Waals surface area contributed by atoms with Gasteiger partial charge in [-0.25, -0.2) is 8.42 Å². The van der Waals surface area contributed by atoms with Crippen molar-refractivity contribution in [3.05, 3.63) is 120 Å². The summed E-state index contributed by atoms with van der Waals surface area (Å²) in [6.45, 7) is 6.10. The van der Waals surface area contributed by atoms with Crippen molar-refractivity contribution in [2.75, 3.05) is 24.1 Å². The molecule has 0 bridgehead atoms. The second-order valence-corrected chi connectivity index (χ2v) is 13.5. The van der Waals surface area contributed by atoms with Gasteiger partial charge >= 0.3 is 0 Å². The fraction of sp³-hybridized carbons (Fsp3) is 0.297. The van der Waals surface area contributed by atoms with E-state index in [1.807, 2.05) is 75.4 Å². The van der Waals surface area contributed by atoms with Gasteiger partial charge in [-0.3, -0.25) is 13.9 Å². The molecule has 0 aliphatic carbocycles. The molecule has 1 aliphatic heterocycles. The van der Waals surface area contributed by atoms with Crippen molar-refractivity contribution in [1.82, 2.24) is 10.2 Å². The zero-order valence-corrected chi connectivity index (χ0v) is 27.8. The van der Waals surface area contributed by atoms with E-state index >= 15 is 0 Å². The Kier molecular flexibility index (Phi) is 10.8. The van der Waals surface area contributed by atoms with Gasteiger partial charge in [-0.05, 0) is 61.2 Å². The van der Waals surface area contributed by atoms with Crippen molar-refractivity contribution in [3.8, 4) is 11.5 Å². The third-order valence-electron chi connectivity index (χ3n) is 8.30. The maximum absolute atomic E-state index is 14.7. The van der Waals surface area contributed by atoms with Crippen molar-refractivity contribution in [2.24, 2.45) is 0 Å². The summed E-state index contributed by atoms with van der Waals surface area (Å²) < 4.78 is 41.0. The first-order valence-corrected chi connectivity index (χ1v) is 17.3. The Morgan fingerprint density at radius 3 is 2.17 bits per heavy atom. The summed E-state index contributed by atoms with van der Waals surface area (Å²) in [4.78, 5) is 30.2. The van der Waals surface area contributed by atoms with Gasteiger partial charge in [-0.2, -0.15) is 0 Å². The van der Waals surface area contributed by atoms with Crippen molar-refractivity contribution >= 4 is 27.5 Å². The van der Waals surface area contributed by atoms with Gasteiger partial charge in [0, 0.05) is 25.1 Å². The van der Waals surface area contributed by atoms with Crippen LogP contribution in [0.1, 0.15) is 37.0 Å². The number of ether oxygens (including phenoxy) is 2. The summed E-state index contributed by atoms with van der Waals surface area (Å²) in [5, 5.41) is 3.07. The third-order valence-corrected chi connectivity index (χ3v) is 10.1. The summed E-state index contributed by atoms with van der Waals surface area (Å²) in [5.74, 6) is 0.0557. The van der Waals surface area contributed by atoms with Crippen LogP contribution in [0.5, 0.6) is 11.5 Å². The number of anilines is 1. The lowest BCUT2D eigenvalue weighted by Gasteiger charge is -2.34. The van der Waals surface area contributed by atoms with E-state index in [1.165, 1.54) is 17.0 Å². The van der Waals surface area contributed by atoms with Crippen LogP contribution in [-0.2, 0) is 32.6 Å². The number of nitrogens with one attached hydrogen (secondary N) is 1. The summed E-state index contributed by atoms with van der Waals surface area (Å²) in [7, 11) is -4.23. The molecule has 246 valence electrons. The molecule has 0 radical (unpaired) electrons. The molecule has 5 rings (SSSR count). The minimum Gasteiger partial charge on any atom is -0.486 e. The molecule has 1 heterocycles. The predicted molar refractivity (Wildman–Crippen MR) is 182 cm³/mol. The number of hydrogen-bond donors (Lipinski definition) is 1. The highest BCUT2D eigenvalue weighted by Crippen LogP contribution is 2.36. The van der Waals surface area contributed by atoms with Crippen LogP contribution in [-0.4, -0.2) is 57.0 Å². The normalized spacial score (nSPS) is 13.7. The number of hydrogen-bond acceptors (Lipinski definition) is 6. The lowest BCUT2D eigenvalue weighted by Crippen LogP contribution is -2.54. The Hall–Kier alpha value is -4.83. The number of nitrogens with zero attached hydrogens (tertiary/aromatic N) is 2. The van der Waals surface area contributed by atoms with E-state index in [0.717, 1.165) is 21.0 Å². The zero-order chi connectivity index (χ0) is 33.4. The van der Waals surface area contributed by atoms with Gasteiger partial charge < -0.3 is 19.7 Å². The molecule has 1 aliphatic rings.